The molecule has 8 nitrogen and oxygen atoms in total. The van der Waals surface area contributed by atoms with Gasteiger partial charge in [-0.3, -0.25) is 0 Å². The molecule has 2 rings (SSSR count). The molecule has 0 bridgehead atoms. The smallest absolute Gasteiger partial charge is 0.223 e. The first-order valence-corrected chi connectivity index (χ1v) is 7.39. The summed E-state index contributed by atoms with van der Waals surface area (Å²) in [5.41, 5.74) is 7.92. The van der Waals surface area contributed by atoms with Crippen LogP contribution < -0.4 is 22.3 Å². The number of hydrazine groups is 1. The van der Waals surface area contributed by atoms with Crippen molar-refractivity contribution >= 4 is 27.4 Å². The van der Waals surface area contributed by atoms with Crippen molar-refractivity contribution in [2.75, 3.05) is 28.0 Å². The van der Waals surface area contributed by atoms with Crippen molar-refractivity contribution in [1.29, 1.82) is 0 Å². The number of nitrogens with two attached hydrogens (primary N) is 2. The van der Waals surface area contributed by atoms with Gasteiger partial charge in [0, 0.05) is 12.1 Å². The maximum absolute atomic E-state index is 11.3. The predicted octanol–water partition coefficient (Wildman–Crippen LogP) is -0.667. The van der Waals surface area contributed by atoms with Crippen molar-refractivity contribution in [2.45, 2.75) is 18.9 Å². The van der Waals surface area contributed by atoms with Gasteiger partial charge in [0.15, 0.2) is 0 Å². The second-order valence-corrected chi connectivity index (χ2v) is 6.52. The molecule has 0 amide bonds. The van der Waals surface area contributed by atoms with Gasteiger partial charge in [0.2, 0.25) is 5.95 Å². The third-order valence-corrected chi connectivity index (χ3v) is 4.51. The monoisotopic (exact) mass is 272 g/mol. The summed E-state index contributed by atoms with van der Waals surface area (Å²) in [6.07, 6.45) is 1.13. The average molecular weight is 272 g/mol. The third kappa shape index (κ3) is 3.20. The second kappa shape index (κ2) is 4.94. The third-order valence-electron chi connectivity index (χ3n) is 2.80. The average Bonchev–Trinajstić information content (AvgIpc) is 2.31. The zero-order valence-corrected chi connectivity index (χ0v) is 10.6. The molecule has 6 N–H and O–H groups in total. The molecule has 0 spiro atoms. The van der Waals surface area contributed by atoms with Crippen LogP contribution in [-0.4, -0.2) is 35.9 Å². The molecule has 0 aromatic carbocycles. The highest BCUT2D eigenvalue weighted by atomic mass is 32.2. The van der Waals surface area contributed by atoms with Crippen LogP contribution in [0, 0.1) is 0 Å². The Hall–Kier alpha value is -1.61. The van der Waals surface area contributed by atoms with E-state index >= 15 is 0 Å². The van der Waals surface area contributed by atoms with Crippen molar-refractivity contribution in [2.24, 2.45) is 5.84 Å². The highest BCUT2D eigenvalue weighted by Gasteiger charge is 2.23. The quantitative estimate of drug-likeness (QED) is 0.420. The van der Waals surface area contributed by atoms with E-state index in [1.54, 1.807) is 6.07 Å². The number of rotatable bonds is 3. The van der Waals surface area contributed by atoms with Crippen molar-refractivity contribution in [3.8, 4) is 0 Å². The van der Waals surface area contributed by atoms with Crippen LogP contribution in [0.5, 0.6) is 0 Å². The lowest BCUT2D eigenvalue weighted by molar-refractivity contribution is 0.559. The van der Waals surface area contributed by atoms with Crippen molar-refractivity contribution in [1.82, 2.24) is 9.97 Å². The molecule has 9 heteroatoms. The van der Waals surface area contributed by atoms with Crippen LogP contribution in [0.4, 0.5) is 17.6 Å². The maximum atomic E-state index is 11.3. The minimum atomic E-state index is -2.86. The molecular weight excluding hydrogens is 256 g/mol. The van der Waals surface area contributed by atoms with Gasteiger partial charge in [0.25, 0.3) is 0 Å². The Kier molecular flexibility index (Phi) is 3.53. The van der Waals surface area contributed by atoms with Crippen LogP contribution in [0.2, 0.25) is 0 Å². The Morgan fingerprint density at radius 3 is 2.44 bits per heavy atom. The fraction of sp³-hybridized carbons (Fsp3) is 0.556. The SMILES string of the molecule is NNc1cc(NC2CCS(=O)(=O)CC2)nc(N)n1. The molecule has 1 aliphatic heterocycles. The van der Waals surface area contributed by atoms with Crippen molar-refractivity contribution < 1.29 is 8.42 Å². The topological polar surface area (TPSA) is 136 Å². The van der Waals surface area contributed by atoms with Gasteiger partial charge in [-0.05, 0) is 12.8 Å². The van der Waals surface area contributed by atoms with Gasteiger partial charge in [-0.15, -0.1) is 0 Å². The first-order valence-electron chi connectivity index (χ1n) is 5.56. The molecule has 18 heavy (non-hydrogen) atoms. The van der Waals surface area contributed by atoms with Crippen molar-refractivity contribution in [3.05, 3.63) is 6.07 Å². The second-order valence-electron chi connectivity index (χ2n) is 4.21. The zero-order valence-electron chi connectivity index (χ0n) is 9.76. The molecule has 1 saturated heterocycles. The van der Waals surface area contributed by atoms with Crippen LogP contribution in [0.15, 0.2) is 6.07 Å². The normalized spacial score (nSPS) is 19.4. The lowest BCUT2D eigenvalue weighted by Crippen LogP contribution is -2.32. The van der Waals surface area contributed by atoms with E-state index in [1.165, 1.54) is 0 Å². The summed E-state index contributed by atoms with van der Waals surface area (Å²) in [7, 11) is -2.86. The molecule has 1 fully saturated rings. The highest BCUT2D eigenvalue weighted by Crippen LogP contribution is 2.18. The van der Waals surface area contributed by atoms with E-state index < -0.39 is 9.84 Å². The van der Waals surface area contributed by atoms with E-state index in [2.05, 4.69) is 20.7 Å². The van der Waals surface area contributed by atoms with E-state index in [9.17, 15) is 8.42 Å². The first-order chi connectivity index (χ1) is 8.48. The summed E-state index contributed by atoms with van der Waals surface area (Å²) in [5.74, 6) is 6.72. The van der Waals surface area contributed by atoms with E-state index in [0.29, 0.717) is 24.5 Å². The molecule has 1 aromatic rings. The number of aromatic nitrogens is 2. The summed E-state index contributed by atoms with van der Waals surface area (Å²) in [5, 5.41) is 3.14. The Morgan fingerprint density at radius 2 is 1.83 bits per heavy atom. The Labute approximate surface area is 105 Å². The number of sulfone groups is 1. The molecule has 0 radical (unpaired) electrons. The molecular formula is C9H16N6O2S. The lowest BCUT2D eigenvalue weighted by Gasteiger charge is -2.23. The molecule has 2 heterocycles. The van der Waals surface area contributed by atoms with E-state index in [-0.39, 0.29) is 23.5 Å². The Balaban J connectivity index is 2.04. The van der Waals surface area contributed by atoms with Crippen LogP contribution in [0.1, 0.15) is 12.8 Å². The molecule has 0 saturated carbocycles. The summed E-state index contributed by atoms with van der Waals surface area (Å²) >= 11 is 0. The minimum Gasteiger partial charge on any atom is -0.368 e. The van der Waals surface area contributed by atoms with Crippen molar-refractivity contribution in [3.63, 3.8) is 0 Å². The zero-order chi connectivity index (χ0) is 13.2. The summed E-state index contributed by atoms with van der Waals surface area (Å²) < 4.78 is 22.6. The fourth-order valence-electron chi connectivity index (χ4n) is 1.86. The van der Waals surface area contributed by atoms with Gasteiger partial charge in [-0.1, -0.05) is 0 Å². The first kappa shape index (κ1) is 12.8. The lowest BCUT2D eigenvalue weighted by atomic mass is 10.1. The minimum absolute atomic E-state index is 0.0773. The van der Waals surface area contributed by atoms with Gasteiger partial charge in [-0.25, -0.2) is 14.3 Å². The Bertz CT molecular complexity index is 518. The molecule has 0 unspecified atom stereocenters. The van der Waals surface area contributed by atoms with Gasteiger partial charge in [0.05, 0.1) is 11.5 Å². The van der Waals surface area contributed by atoms with Crippen LogP contribution in [-0.2, 0) is 9.84 Å². The van der Waals surface area contributed by atoms with Crippen LogP contribution in [0.3, 0.4) is 0 Å². The number of nitrogens with zero attached hydrogens (tertiary/aromatic N) is 2. The summed E-state index contributed by atoms with van der Waals surface area (Å²) in [4.78, 5) is 7.89. The molecule has 0 aliphatic carbocycles. The van der Waals surface area contributed by atoms with Gasteiger partial charge in [-0.2, -0.15) is 9.97 Å². The summed E-state index contributed by atoms with van der Waals surface area (Å²) in [6.45, 7) is 0. The van der Waals surface area contributed by atoms with Gasteiger partial charge in [0.1, 0.15) is 21.5 Å². The highest BCUT2D eigenvalue weighted by molar-refractivity contribution is 7.91. The van der Waals surface area contributed by atoms with Crippen LogP contribution in [0.25, 0.3) is 0 Å². The van der Waals surface area contributed by atoms with E-state index in [1.807, 2.05) is 0 Å². The molecule has 1 aliphatic rings. The largest absolute Gasteiger partial charge is 0.368 e. The van der Waals surface area contributed by atoms with Gasteiger partial charge >= 0.3 is 0 Å². The Morgan fingerprint density at radius 1 is 1.22 bits per heavy atom. The molecule has 1 aromatic heterocycles. The predicted molar refractivity (Wildman–Crippen MR) is 69.6 cm³/mol. The number of nitrogen functional groups attached to an aromatic ring is 2. The molecule has 100 valence electrons. The number of anilines is 3. The number of nitrogens with one attached hydrogen (secondary N) is 2. The number of hydrogen-bond acceptors (Lipinski definition) is 8. The summed E-state index contributed by atoms with van der Waals surface area (Å²) in [6, 6.07) is 1.70. The standard InChI is InChI=1S/C9H16N6O2S/c10-9-13-7(5-8(14-9)15-11)12-6-1-3-18(16,17)4-2-6/h5-6H,1-4,11H2,(H4,10,12,13,14,15). The van der Waals surface area contributed by atoms with Gasteiger partial charge < -0.3 is 16.5 Å². The maximum Gasteiger partial charge on any atom is 0.223 e. The molecule has 0 atom stereocenters. The van der Waals surface area contributed by atoms with E-state index in [4.69, 9.17) is 11.6 Å². The van der Waals surface area contributed by atoms with Crippen LogP contribution >= 0.6 is 0 Å². The fourth-order valence-corrected chi connectivity index (χ4v) is 3.35. The van der Waals surface area contributed by atoms with E-state index in [0.717, 1.165) is 0 Å². The number of hydrogen-bond donors (Lipinski definition) is 4.